The fraction of sp³-hybridized carbons (Fsp3) is 0.267. The van der Waals surface area contributed by atoms with Crippen molar-refractivity contribution >= 4 is 23.3 Å². The fourth-order valence-corrected chi connectivity index (χ4v) is 2.95. The van der Waals surface area contributed by atoms with Crippen molar-refractivity contribution in [1.29, 1.82) is 0 Å². The topological polar surface area (TPSA) is 68.1 Å². The van der Waals surface area contributed by atoms with Gasteiger partial charge in [-0.3, -0.25) is 10.1 Å². The zero-order valence-corrected chi connectivity index (χ0v) is 12.8. The number of nitro groups is 1. The van der Waals surface area contributed by atoms with Crippen LogP contribution in [0.15, 0.2) is 41.4 Å². The molecular formula is C15H17N3O2S. The molecule has 0 unspecified atom stereocenters. The molecule has 0 aliphatic rings. The fourth-order valence-electron chi connectivity index (χ4n) is 1.88. The van der Waals surface area contributed by atoms with Gasteiger partial charge >= 0.3 is 5.69 Å². The number of rotatable bonds is 6. The summed E-state index contributed by atoms with van der Waals surface area (Å²) in [5.41, 5.74) is 2.39. The molecule has 0 aliphatic carbocycles. The lowest BCUT2D eigenvalue weighted by Gasteiger charge is -2.07. The van der Waals surface area contributed by atoms with Crippen molar-refractivity contribution in [1.82, 2.24) is 4.98 Å². The summed E-state index contributed by atoms with van der Waals surface area (Å²) in [5, 5.41) is 14.6. The lowest BCUT2D eigenvalue weighted by atomic mass is 10.1. The number of hydrogen-bond acceptors (Lipinski definition) is 5. The molecule has 0 spiro atoms. The molecule has 0 radical (unpaired) electrons. The van der Waals surface area contributed by atoms with E-state index >= 15 is 0 Å². The molecule has 2 aromatic rings. The van der Waals surface area contributed by atoms with Gasteiger partial charge in [0, 0.05) is 18.4 Å². The highest BCUT2D eigenvalue weighted by molar-refractivity contribution is 7.98. The van der Waals surface area contributed by atoms with Gasteiger partial charge in [-0.15, -0.1) is 0 Å². The van der Waals surface area contributed by atoms with Gasteiger partial charge in [0.05, 0.1) is 4.92 Å². The van der Waals surface area contributed by atoms with E-state index in [0.29, 0.717) is 16.6 Å². The molecule has 1 aromatic carbocycles. The first-order valence-corrected chi connectivity index (χ1v) is 7.67. The minimum Gasteiger partial charge on any atom is -0.370 e. The zero-order chi connectivity index (χ0) is 15.2. The SMILES string of the molecule is CCNc1ccc([N+](=O)[O-])c(SCc2ccccc2C)n1. The molecule has 0 bridgehead atoms. The van der Waals surface area contributed by atoms with Crippen LogP contribution in [0.2, 0.25) is 0 Å². The van der Waals surface area contributed by atoms with E-state index in [0.717, 1.165) is 12.1 Å². The van der Waals surface area contributed by atoms with Gasteiger partial charge in [-0.05, 0) is 31.0 Å². The minimum absolute atomic E-state index is 0.0511. The number of aromatic nitrogens is 1. The minimum atomic E-state index is -0.386. The maximum absolute atomic E-state index is 11.1. The Morgan fingerprint density at radius 2 is 2.05 bits per heavy atom. The van der Waals surface area contributed by atoms with Crippen molar-refractivity contribution in [2.75, 3.05) is 11.9 Å². The Balaban J connectivity index is 2.22. The maximum atomic E-state index is 11.1. The highest BCUT2D eigenvalue weighted by Gasteiger charge is 2.16. The second-order valence-corrected chi connectivity index (χ2v) is 5.49. The molecule has 0 saturated carbocycles. The lowest BCUT2D eigenvalue weighted by molar-refractivity contribution is -0.388. The summed E-state index contributed by atoms with van der Waals surface area (Å²) in [6.45, 7) is 4.72. The summed E-state index contributed by atoms with van der Waals surface area (Å²) in [6, 6.07) is 11.2. The van der Waals surface area contributed by atoms with Gasteiger partial charge in [0.15, 0.2) is 5.03 Å². The summed E-state index contributed by atoms with van der Waals surface area (Å²) < 4.78 is 0. The summed E-state index contributed by atoms with van der Waals surface area (Å²) >= 11 is 1.39. The standard InChI is InChI=1S/C15H17N3O2S/c1-3-16-14-9-8-13(18(19)20)15(17-14)21-10-12-7-5-4-6-11(12)2/h4-9H,3,10H2,1-2H3,(H,16,17). The molecule has 5 nitrogen and oxygen atoms in total. The molecule has 2 rings (SSSR count). The van der Waals surface area contributed by atoms with Crippen LogP contribution in [0.1, 0.15) is 18.1 Å². The van der Waals surface area contributed by atoms with E-state index in [2.05, 4.69) is 10.3 Å². The molecule has 0 saturated heterocycles. The van der Waals surface area contributed by atoms with E-state index in [1.54, 1.807) is 6.07 Å². The third-order valence-corrected chi connectivity index (χ3v) is 4.05. The van der Waals surface area contributed by atoms with Gasteiger partial charge < -0.3 is 5.32 Å². The highest BCUT2D eigenvalue weighted by atomic mass is 32.2. The van der Waals surface area contributed by atoms with Crippen LogP contribution in [0.25, 0.3) is 0 Å². The van der Waals surface area contributed by atoms with Crippen molar-refractivity contribution in [3.8, 4) is 0 Å². The van der Waals surface area contributed by atoms with Crippen molar-refractivity contribution in [2.45, 2.75) is 24.6 Å². The quantitative estimate of drug-likeness (QED) is 0.496. The van der Waals surface area contributed by atoms with Crippen LogP contribution in [0, 0.1) is 17.0 Å². The van der Waals surface area contributed by atoms with Gasteiger partial charge in [0.2, 0.25) is 0 Å². The lowest BCUT2D eigenvalue weighted by Crippen LogP contribution is -2.02. The van der Waals surface area contributed by atoms with Gasteiger partial charge in [0.1, 0.15) is 5.82 Å². The highest BCUT2D eigenvalue weighted by Crippen LogP contribution is 2.31. The van der Waals surface area contributed by atoms with E-state index in [4.69, 9.17) is 0 Å². The first kappa shape index (κ1) is 15.3. The van der Waals surface area contributed by atoms with Crippen LogP contribution in [0.4, 0.5) is 11.5 Å². The maximum Gasteiger partial charge on any atom is 0.301 e. The molecule has 1 aromatic heterocycles. The number of nitrogens with zero attached hydrogens (tertiary/aromatic N) is 2. The molecular weight excluding hydrogens is 286 g/mol. The second kappa shape index (κ2) is 7.08. The molecule has 6 heteroatoms. The van der Waals surface area contributed by atoms with Crippen molar-refractivity contribution in [3.05, 3.63) is 57.6 Å². The molecule has 21 heavy (non-hydrogen) atoms. The molecule has 0 amide bonds. The van der Waals surface area contributed by atoms with Gasteiger partial charge in [-0.1, -0.05) is 36.0 Å². The number of anilines is 1. The van der Waals surface area contributed by atoms with Crippen molar-refractivity contribution in [2.24, 2.45) is 0 Å². The third-order valence-electron chi connectivity index (χ3n) is 3.02. The number of hydrogen-bond donors (Lipinski definition) is 1. The normalized spacial score (nSPS) is 10.4. The first-order chi connectivity index (χ1) is 10.1. The second-order valence-electron chi connectivity index (χ2n) is 4.52. The average molecular weight is 303 g/mol. The average Bonchev–Trinajstić information content (AvgIpc) is 2.46. The van der Waals surface area contributed by atoms with Crippen LogP contribution in [-0.4, -0.2) is 16.5 Å². The molecule has 0 fully saturated rings. The Kier molecular flexibility index (Phi) is 5.16. The summed E-state index contributed by atoms with van der Waals surface area (Å²) in [6.07, 6.45) is 0. The third kappa shape index (κ3) is 3.95. The first-order valence-electron chi connectivity index (χ1n) is 6.68. The Morgan fingerprint density at radius 1 is 1.29 bits per heavy atom. The summed E-state index contributed by atoms with van der Waals surface area (Å²) in [7, 11) is 0. The van der Waals surface area contributed by atoms with E-state index < -0.39 is 0 Å². The largest absolute Gasteiger partial charge is 0.370 e. The van der Waals surface area contributed by atoms with Crippen molar-refractivity contribution < 1.29 is 4.92 Å². The number of nitrogens with one attached hydrogen (secondary N) is 1. The Morgan fingerprint density at radius 3 is 2.71 bits per heavy atom. The number of benzene rings is 1. The van der Waals surface area contributed by atoms with E-state index in [1.165, 1.54) is 23.4 Å². The predicted molar refractivity (Wildman–Crippen MR) is 85.8 cm³/mol. The van der Waals surface area contributed by atoms with Crippen molar-refractivity contribution in [3.63, 3.8) is 0 Å². The molecule has 1 heterocycles. The predicted octanol–water partition coefficient (Wildman–Crippen LogP) is 4.02. The van der Waals surface area contributed by atoms with Crippen LogP contribution in [0.3, 0.4) is 0 Å². The Bertz CT molecular complexity index is 647. The van der Waals surface area contributed by atoms with Crippen LogP contribution in [-0.2, 0) is 5.75 Å². The molecule has 110 valence electrons. The Labute approximate surface area is 127 Å². The molecule has 1 N–H and O–H groups in total. The summed E-state index contributed by atoms with van der Waals surface area (Å²) in [5.74, 6) is 1.33. The van der Waals surface area contributed by atoms with Crippen LogP contribution in [0.5, 0.6) is 0 Å². The zero-order valence-electron chi connectivity index (χ0n) is 12.0. The van der Waals surface area contributed by atoms with E-state index in [-0.39, 0.29) is 10.6 Å². The van der Waals surface area contributed by atoms with E-state index in [1.807, 2.05) is 38.1 Å². The number of aryl methyl sites for hydroxylation is 1. The van der Waals surface area contributed by atoms with Gasteiger partial charge in [0.25, 0.3) is 0 Å². The number of pyridine rings is 1. The van der Waals surface area contributed by atoms with E-state index in [9.17, 15) is 10.1 Å². The molecule has 0 aliphatic heterocycles. The summed E-state index contributed by atoms with van der Waals surface area (Å²) in [4.78, 5) is 15.1. The number of thioether (sulfide) groups is 1. The monoisotopic (exact) mass is 303 g/mol. The van der Waals surface area contributed by atoms with Gasteiger partial charge in [-0.25, -0.2) is 4.98 Å². The van der Waals surface area contributed by atoms with Gasteiger partial charge in [-0.2, -0.15) is 0 Å². The smallest absolute Gasteiger partial charge is 0.301 e. The van der Waals surface area contributed by atoms with Crippen LogP contribution < -0.4 is 5.32 Å². The Hall–Kier alpha value is -2.08. The molecule has 0 atom stereocenters. The van der Waals surface area contributed by atoms with Crippen LogP contribution >= 0.6 is 11.8 Å².